The first-order chi connectivity index (χ1) is 9.91. The van der Waals surface area contributed by atoms with Crippen molar-refractivity contribution < 1.29 is 17.9 Å². The van der Waals surface area contributed by atoms with Crippen molar-refractivity contribution in [3.63, 3.8) is 0 Å². The lowest BCUT2D eigenvalue weighted by Gasteiger charge is -2.19. The fourth-order valence-electron chi connectivity index (χ4n) is 2.61. The molecule has 1 saturated heterocycles. The Morgan fingerprint density at radius 3 is 2.52 bits per heavy atom. The van der Waals surface area contributed by atoms with Crippen molar-refractivity contribution in [2.24, 2.45) is 0 Å². The van der Waals surface area contributed by atoms with Gasteiger partial charge in [0.15, 0.2) is 9.84 Å². The fraction of sp³-hybridized carbons (Fsp3) is 0.533. The average Bonchev–Trinajstić information content (AvgIpc) is 2.96. The SMILES string of the molecule is CNC(=O)C(CC1CCCO1)c1ccc(S(C)(=O)=O)cc1. The maximum absolute atomic E-state index is 12.1. The van der Waals surface area contributed by atoms with E-state index in [1.165, 1.54) is 6.26 Å². The van der Waals surface area contributed by atoms with E-state index >= 15 is 0 Å². The van der Waals surface area contributed by atoms with E-state index in [0.717, 1.165) is 25.0 Å². The van der Waals surface area contributed by atoms with E-state index in [9.17, 15) is 13.2 Å². The van der Waals surface area contributed by atoms with Crippen LogP contribution in [0.2, 0.25) is 0 Å². The molecule has 0 spiro atoms. The Balaban J connectivity index is 2.21. The molecule has 0 bridgehead atoms. The Morgan fingerprint density at radius 2 is 2.05 bits per heavy atom. The summed E-state index contributed by atoms with van der Waals surface area (Å²) < 4.78 is 28.6. The van der Waals surface area contributed by atoms with Crippen LogP contribution in [0.4, 0.5) is 0 Å². The number of likely N-dealkylation sites (N-methyl/N-ethyl adjacent to an activating group) is 1. The van der Waals surface area contributed by atoms with Gasteiger partial charge < -0.3 is 10.1 Å². The van der Waals surface area contributed by atoms with Gasteiger partial charge in [0.1, 0.15) is 0 Å². The van der Waals surface area contributed by atoms with E-state index in [-0.39, 0.29) is 22.8 Å². The van der Waals surface area contributed by atoms with Gasteiger partial charge in [-0.15, -0.1) is 0 Å². The van der Waals surface area contributed by atoms with Crippen molar-refractivity contribution in [2.75, 3.05) is 19.9 Å². The van der Waals surface area contributed by atoms with Crippen LogP contribution in [-0.2, 0) is 19.4 Å². The molecule has 1 fully saturated rings. The van der Waals surface area contributed by atoms with E-state index in [4.69, 9.17) is 4.74 Å². The van der Waals surface area contributed by atoms with Gasteiger partial charge in [0, 0.05) is 19.9 Å². The predicted molar refractivity (Wildman–Crippen MR) is 80.0 cm³/mol. The highest BCUT2D eigenvalue weighted by atomic mass is 32.2. The Bertz CT molecular complexity index is 589. The first-order valence-corrected chi connectivity index (χ1v) is 8.94. The molecule has 1 aromatic rings. The maximum atomic E-state index is 12.1. The lowest BCUT2D eigenvalue weighted by atomic mass is 9.91. The Labute approximate surface area is 125 Å². The molecule has 2 atom stereocenters. The van der Waals surface area contributed by atoms with E-state index in [1.54, 1.807) is 31.3 Å². The number of rotatable bonds is 5. The molecule has 1 aliphatic rings. The second kappa shape index (κ2) is 6.58. The van der Waals surface area contributed by atoms with Crippen LogP contribution in [0.15, 0.2) is 29.2 Å². The number of carbonyl (C=O) groups excluding carboxylic acids is 1. The third kappa shape index (κ3) is 4.04. The third-order valence-corrected chi connectivity index (χ3v) is 4.92. The number of benzene rings is 1. The minimum Gasteiger partial charge on any atom is -0.378 e. The van der Waals surface area contributed by atoms with Crippen LogP contribution >= 0.6 is 0 Å². The first-order valence-electron chi connectivity index (χ1n) is 7.05. The minimum atomic E-state index is -3.22. The molecule has 0 saturated carbocycles. The van der Waals surface area contributed by atoms with Gasteiger partial charge in [-0.25, -0.2) is 8.42 Å². The molecule has 1 aliphatic heterocycles. The largest absolute Gasteiger partial charge is 0.378 e. The smallest absolute Gasteiger partial charge is 0.227 e. The van der Waals surface area contributed by atoms with Gasteiger partial charge in [-0.1, -0.05) is 12.1 Å². The maximum Gasteiger partial charge on any atom is 0.227 e. The monoisotopic (exact) mass is 311 g/mol. The number of nitrogens with one attached hydrogen (secondary N) is 1. The lowest BCUT2D eigenvalue weighted by Crippen LogP contribution is -2.28. The summed E-state index contributed by atoms with van der Waals surface area (Å²) in [6.45, 7) is 0.748. The molecule has 2 unspecified atom stereocenters. The first kappa shape index (κ1) is 16.0. The summed E-state index contributed by atoms with van der Waals surface area (Å²) in [5.41, 5.74) is 0.817. The van der Waals surface area contributed by atoms with E-state index in [0.29, 0.717) is 6.42 Å². The quantitative estimate of drug-likeness (QED) is 0.894. The van der Waals surface area contributed by atoms with Crippen molar-refractivity contribution in [1.82, 2.24) is 5.32 Å². The molecule has 1 heterocycles. The molecule has 6 heteroatoms. The second-order valence-corrected chi connectivity index (χ2v) is 7.39. The molecule has 1 aromatic carbocycles. The summed E-state index contributed by atoms with van der Waals surface area (Å²) in [6.07, 6.45) is 3.89. The van der Waals surface area contributed by atoms with Crippen LogP contribution in [-0.4, -0.2) is 40.3 Å². The zero-order valence-corrected chi connectivity index (χ0v) is 13.2. The summed E-state index contributed by atoms with van der Waals surface area (Å²) in [4.78, 5) is 12.4. The molecular formula is C15H21NO4S. The van der Waals surface area contributed by atoms with Crippen molar-refractivity contribution >= 4 is 15.7 Å². The van der Waals surface area contributed by atoms with Crippen LogP contribution in [0.5, 0.6) is 0 Å². The zero-order chi connectivity index (χ0) is 15.5. The van der Waals surface area contributed by atoms with Gasteiger partial charge >= 0.3 is 0 Å². The van der Waals surface area contributed by atoms with Gasteiger partial charge in [0.05, 0.1) is 16.9 Å². The second-order valence-electron chi connectivity index (χ2n) is 5.38. The lowest BCUT2D eigenvalue weighted by molar-refractivity contribution is -0.122. The average molecular weight is 311 g/mol. The van der Waals surface area contributed by atoms with Gasteiger partial charge in [-0.05, 0) is 37.0 Å². The van der Waals surface area contributed by atoms with Crippen LogP contribution in [0, 0.1) is 0 Å². The molecule has 0 aliphatic carbocycles. The van der Waals surface area contributed by atoms with Crippen LogP contribution < -0.4 is 5.32 Å². The van der Waals surface area contributed by atoms with E-state index in [2.05, 4.69) is 5.32 Å². The van der Waals surface area contributed by atoms with E-state index < -0.39 is 9.84 Å². The zero-order valence-electron chi connectivity index (χ0n) is 12.3. The van der Waals surface area contributed by atoms with Crippen molar-refractivity contribution in [3.05, 3.63) is 29.8 Å². The van der Waals surface area contributed by atoms with Crippen LogP contribution in [0.1, 0.15) is 30.7 Å². The predicted octanol–water partition coefficient (Wildman–Crippen LogP) is 1.49. The summed E-state index contributed by atoms with van der Waals surface area (Å²) in [5.74, 6) is -0.385. The number of ether oxygens (including phenoxy) is 1. The number of carbonyl (C=O) groups is 1. The normalized spacial score (nSPS) is 20.2. The van der Waals surface area contributed by atoms with Gasteiger partial charge in [-0.2, -0.15) is 0 Å². The molecule has 21 heavy (non-hydrogen) atoms. The summed E-state index contributed by atoms with van der Waals surface area (Å²) in [7, 11) is -1.61. The standard InChI is InChI=1S/C15H21NO4S/c1-16-15(17)14(10-12-4-3-9-20-12)11-5-7-13(8-6-11)21(2,18)19/h5-8,12,14H,3-4,9-10H2,1-2H3,(H,16,17). The van der Waals surface area contributed by atoms with Gasteiger partial charge in [-0.3, -0.25) is 4.79 Å². The van der Waals surface area contributed by atoms with Crippen molar-refractivity contribution in [2.45, 2.75) is 36.2 Å². The Kier molecular flexibility index (Phi) is 5.00. The third-order valence-electron chi connectivity index (χ3n) is 3.80. The van der Waals surface area contributed by atoms with Crippen molar-refractivity contribution in [3.8, 4) is 0 Å². The Morgan fingerprint density at radius 1 is 1.38 bits per heavy atom. The van der Waals surface area contributed by atoms with Crippen LogP contribution in [0.25, 0.3) is 0 Å². The molecule has 0 radical (unpaired) electrons. The van der Waals surface area contributed by atoms with Gasteiger partial charge in [0.25, 0.3) is 0 Å². The molecule has 5 nitrogen and oxygen atoms in total. The van der Waals surface area contributed by atoms with Gasteiger partial charge in [0.2, 0.25) is 5.91 Å². The molecule has 1 N–H and O–H groups in total. The molecule has 0 aromatic heterocycles. The molecular weight excluding hydrogens is 290 g/mol. The van der Waals surface area contributed by atoms with Crippen LogP contribution in [0.3, 0.4) is 0 Å². The summed E-state index contributed by atoms with van der Waals surface area (Å²) in [5, 5.41) is 2.67. The topological polar surface area (TPSA) is 72.5 Å². The highest BCUT2D eigenvalue weighted by Crippen LogP contribution is 2.28. The highest BCUT2D eigenvalue weighted by molar-refractivity contribution is 7.90. The molecule has 2 rings (SSSR count). The summed E-state index contributed by atoms with van der Waals surface area (Å²) in [6, 6.07) is 6.53. The number of amides is 1. The number of hydrogen-bond donors (Lipinski definition) is 1. The molecule has 116 valence electrons. The fourth-order valence-corrected chi connectivity index (χ4v) is 3.24. The highest BCUT2D eigenvalue weighted by Gasteiger charge is 2.26. The number of sulfone groups is 1. The number of hydrogen-bond acceptors (Lipinski definition) is 4. The van der Waals surface area contributed by atoms with E-state index in [1.807, 2.05) is 0 Å². The minimum absolute atomic E-state index is 0.0717. The summed E-state index contributed by atoms with van der Waals surface area (Å²) >= 11 is 0. The van der Waals surface area contributed by atoms with Crippen molar-refractivity contribution in [1.29, 1.82) is 0 Å². The Hall–Kier alpha value is -1.40. The molecule has 1 amide bonds.